The summed E-state index contributed by atoms with van der Waals surface area (Å²) in [4.78, 5) is 0. The Morgan fingerprint density at radius 1 is 1.00 bits per heavy atom. The van der Waals surface area contributed by atoms with Crippen LogP contribution in [0.5, 0.6) is 0 Å². The van der Waals surface area contributed by atoms with Crippen LogP contribution in [0, 0.1) is 0 Å². The van der Waals surface area contributed by atoms with Gasteiger partial charge < -0.3 is 0 Å². The van der Waals surface area contributed by atoms with Crippen LogP contribution in [0.3, 0.4) is 0 Å². The molecule has 0 saturated carbocycles. The fourth-order valence-corrected chi connectivity index (χ4v) is 0.697. The topological polar surface area (TPSA) is 0 Å². The summed E-state index contributed by atoms with van der Waals surface area (Å²) in [5, 5.41) is 0. The van der Waals surface area contributed by atoms with E-state index < -0.39 is 0 Å². The number of hydrogen-bond acceptors (Lipinski definition) is 0. The summed E-state index contributed by atoms with van der Waals surface area (Å²) in [5.74, 6) is 0. The van der Waals surface area contributed by atoms with Crippen molar-refractivity contribution in [3.63, 3.8) is 0 Å². The van der Waals surface area contributed by atoms with Gasteiger partial charge in [0.15, 0.2) is 0 Å². The Labute approximate surface area is 52.5 Å². The summed E-state index contributed by atoms with van der Waals surface area (Å²) in [5.41, 5.74) is 0. The summed E-state index contributed by atoms with van der Waals surface area (Å²) >= 11 is 2.49. The third-order valence-electron chi connectivity index (χ3n) is 0.756. The molecule has 0 aliphatic heterocycles. The molecule has 0 nitrogen and oxygen atoms in total. The van der Waals surface area contributed by atoms with Crippen molar-refractivity contribution in [3.05, 3.63) is 30.3 Å². The van der Waals surface area contributed by atoms with E-state index in [1.54, 1.807) is 0 Å². The van der Waals surface area contributed by atoms with Gasteiger partial charge in [0, 0.05) is 0 Å². The van der Waals surface area contributed by atoms with Crippen LogP contribution in [0.1, 0.15) is 0 Å². The standard InChI is InChI=1S/C6H5.V/c1-2-4-6-5-3-1;/h1-5H;. The van der Waals surface area contributed by atoms with Crippen LogP contribution in [-0.4, -0.2) is 0 Å². The van der Waals surface area contributed by atoms with Crippen molar-refractivity contribution in [1.29, 1.82) is 0 Å². The second kappa shape index (κ2) is 2.20. The molecule has 0 unspecified atom stereocenters. The van der Waals surface area contributed by atoms with Crippen molar-refractivity contribution in [2.24, 2.45) is 0 Å². The van der Waals surface area contributed by atoms with E-state index in [0.717, 1.165) is 0 Å². The predicted octanol–water partition coefficient (Wildman–Crippen LogP) is 0.859. The van der Waals surface area contributed by atoms with Gasteiger partial charge in [0.05, 0.1) is 0 Å². The minimum absolute atomic E-state index is 1.26. The van der Waals surface area contributed by atoms with Crippen molar-refractivity contribution in [2.45, 2.75) is 0 Å². The molecule has 0 aliphatic carbocycles. The van der Waals surface area contributed by atoms with E-state index in [-0.39, 0.29) is 0 Å². The third kappa shape index (κ3) is 1.38. The van der Waals surface area contributed by atoms with E-state index in [4.69, 9.17) is 0 Å². The van der Waals surface area contributed by atoms with Gasteiger partial charge >= 0.3 is 52.0 Å². The molecule has 1 heteroatoms. The van der Waals surface area contributed by atoms with Gasteiger partial charge in [-0.15, -0.1) is 0 Å². The molecule has 0 aromatic heterocycles. The van der Waals surface area contributed by atoms with Gasteiger partial charge in [-0.2, -0.15) is 0 Å². The summed E-state index contributed by atoms with van der Waals surface area (Å²) in [6, 6.07) is 10.2. The Bertz CT molecular complexity index is 134. The monoisotopic (exact) mass is 128 g/mol. The number of hydrogen-bond donors (Lipinski definition) is 0. The van der Waals surface area contributed by atoms with Crippen LogP contribution in [0.15, 0.2) is 30.3 Å². The van der Waals surface area contributed by atoms with E-state index in [1.807, 2.05) is 18.2 Å². The van der Waals surface area contributed by atoms with Gasteiger partial charge in [-0.25, -0.2) is 0 Å². The van der Waals surface area contributed by atoms with E-state index in [9.17, 15) is 0 Å². The molecule has 0 radical (unpaired) electrons. The van der Waals surface area contributed by atoms with Crippen LogP contribution in [0.4, 0.5) is 0 Å². The van der Waals surface area contributed by atoms with Crippen LogP contribution in [0.2, 0.25) is 0 Å². The molecule has 0 N–H and O–H groups in total. The summed E-state index contributed by atoms with van der Waals surface area (Å²) < 4.78 is 1.26. The van der Waals surface area contributed by atoms with Gasteiger partial charge in [-0.3, -0.25) is 0 Å². The fourth-order valence-electron chi connectivity index (χ4n) is 0.428. The first-order chi connectivity index (χ1) is 3.39. The average Bonchev–Trinajstić information content (AvgIpc) is 1.69. The average molecular weight is 128 g/mol. The third-order valence-corrected chi connectivity index (χ3v) is 1.22. The van der Waals surface area contributed by atoms with Gasteiger partial charge in [-0.05, 0) is 0 Å². The molecule has 0 bridgehead atoms. The molecule has 7 heavy (non-hydrogen) atoms. The molecule has 0 atom stereocenters. The van der Waals surface area contributed by atoms with Crippen molar-refractivity contribution in [2.75, 3.05) is 0 Å². The summed E-state index contributed by atoms with van der Waals surface area (Å²) in [6.45, 7) is 0. The van der Waals surface area contributed by atoms with E-state index in [2.05, 4.69) is 29.6 Å². The van der Waals surface area contributed by atoms with Crippen LogP contribution in [-0.2, 0) is 17.4 Å². The zero-order chi connectivity index (χ0) is 5.11. The second-order valence-electron chi connectivity index (χ2n) is 1.34. The SMILES string of the molecule is [V][c]1ccccc1. The Morgan fingerprint density at radius 2 is 1.57 bits per heavy atom. The van der Waals surface area contributed by atoms with Crippen LogP contribution < -0.4 is 4.28 Å². The quantitative estimate of drug-likeness (QED) is 0.486. The fraction of sp³-hybridized carbons (Fsp3) is 0. The first-order valence-corrected chi connectivity index (χ1v) is 2.83. The van der Waals surface area contributed by atoms with Crippen molar-refractivity contribution in [3.8, 4) is 0 Å². The van der Waals surface area contributed by atoms with Gasteiger partial charge in [0.2, 0.25) is 0 Å². The molecule has 0 spiro atoms. The van der Waals surface area contributed by atoms with Gasteiger partial charge in [0.1, 0.15) is 0 Å². The van der Waals surface area contributed by atoms with E-state index >= 15 is 0 Å². The van der Waals surface area contributed by atoms with Crippen LogP contribution in [0.25, 0.3) is 0 Å². The molecule has 0 saturated heterocycles. The number of benzene rings is 1. The predicted molar refractivity (Wildman–Crippen MR) is 26.1 cm³/mol. The molecule has 1 aromatic rings. The maximum atomic E-state index is 2.49. The zero-order valence-electron chi connectivity index (χ0n) is 3.83. The molecular formula is C6H5V. The number of rotatable bonds is 0. The van der Waals surface area contributed by atoms with Gasteiger partial charge in [-0.1, -0.05) is 0 Å². The Kier molecular flexibility index (Phi) is 1.56. The molecule has 1 aromatic carbocycles. The molecule has 0 amide bonds. The molecule has 1 rings (SSSR count). The normalized spacial score (nSPS) is 8.57. The second-order valence-corrected chi connectivity index (χ2v) is 2.14. The van der Waals surface area contributed by atoms with E-state index in [1.165, 1.54) is 4.28 Å². The van der Waals surface area contributed by atoms with Crippen LogP contribution >= 0.6 is 0 Å². The Hall–Kier alpha value is -0.196. The Morgan fingerprint density at radius 3 is 1.86 bits per heavy atom. The maximum absolute atomic E-state index is 2.49. The summed E-state index contributed by atoms with van der Waals surface area (Å²) in [6.07, 6.45) is 0. The van der Waals surface area contributed by atoms with Crippen molar-refractivity contribution in [1.82, 2.24) is 0 Å². The zero-order valence-corrected chi connectivity index (χ0v) is 5.23. The minimum atomic E-state index is 1.26. The molecule has 0 heterocycles. The first-order valence-electron chi connectivity index (χ1n) is 2.13. The van der Waals surface area contributed by atoms with Crippen molar-refractivity contribution >= 4 is 4.28 Å². The van der Waals surface area contributed by atoms with Gasteiger partial charge in [0.25, 0.3) is 0 Å². The molecule has 0 fully saturated rings. The van der Waals surface area contributed by atoms with E-state index in [0.29, 0.717) is 0 Å². The summed E-state index contributed by atoms with van der Waals surface area (Å²) in [7, 11) is 0. The Balaban J connectivity index is 3.02. The molecule has 0 aliphatic rings. The first kappa shape index (κ1) is 4.95. The van der Waals surface area contributed by atoms with Crippen molar-refractivity contribution < 1.29 is 17.4 Å². The molecular weight excluding hydrogens is 123 g/mol. The molecule has 34 valence electrons.